The molecule has 1 heterocycles. The number of hydrogen-bond acceptors (Lipinski definition) is 3. The molecule has 1 rings (SSSR count). The van der Waals surface area contributed by atoms with Gasteiger partial charge in [-0.05, 0) is 19.4 Å². The van der Waals surface area contributed by atoms with Crippen LogP contribution < -0.4 is 0 Å². The van der Waals surface area contributed by atoms with Gasteiger partial charge < -0.3 is 4.74 Å². The molecular weight excluding hydrogens is 252 g/mol. The zero-order valence-corrected chi connectivity index (χ0v) is 11.4. The van der Waals surface area contributed by atoms with Gasteiger partial charge in [0.15, 0.2) is 0 Å². The van der Waals surface area contributed by atoms with Crippen molar-refractivity contribution in [1.82, 2.24) is 9.78 Å². The van der Waals surface area contributed by atoms with E-state index in [2.05, 4.69) is 11.7 Å². The third-order valence-electron chi connectivity index (χ3n) is 2.38. The van der Waals surface area contributed by atoms with Crippen LogP contribution in [0.25, 0.3) is 6.08 Å². The van der Waals surface area contributed by atoms with Gasteiger partial charge in [-0.2, -0.15) is 5.10 Å². The highest BCUT2D eigenvalue weighted by Crippen LogP contribution is 2.19. The lowest BCUT2D eigenvalue weighted by molar-refractivity contribution is 0.0525. The lowest BCUT2D eigenvalue weighted by Gasteiger charge is -2.03. The number of allylic oxidation sites excluding steroid dienone is 2. The SMILES string of the molecule is C=C/C=C\c1c(C(=O)OCC)c(CC)nn1CCl. The van der Waals surface area contributed by atoms with E-state index in [1.54, 1.807) is 29.8 Å². The fourth-order valence-electron chi connectivity index (χ4n) is 1.62. The monoisotopic (exact) mass is 268 g/mol. The predicted octanol–water partition coefficient (Wildman–Crippen LogP) is 3.02. The highest BCUT2D eigenvalue weighted by atomic mass is 35.5. The average Bonchev–Trinajstić information content (AvgIpc) is 2.74. The summed E-state index contributed by atoms with van der Waals surface area (Å²) < 4.78 is 6.63. The van der Waals surface area contributed by atoms with Gasteiger partial charge in [0.25, 0.3) is 0 Å². The Morgan fingerprint density at radius 3 is 2.78 bits per heavy atom. The third-order valence-corrected chi connectivity index (χ3v) is 2.61. The summed E-state index contributed by atoms with van der Waals surface area (Å²) in [6, 6.07) is 0.184. The Bertz CT molecular complexity index is 464. The van der Waals surface area contributed by atoms with E-state index in [-0.39, 0.29) is 12.0 Å². The summed E-state index contributed by atoms with van der Waals surface area (Å²) >= 11 is 5.82. The van der Waals surface area contributed by atoms with E-state index in [9.17, 15) is 4.79 Å². The Balaban J connectivity index is 3.33. The number of halogens is 1. The number of ether oxygens (including phenoxy) is 1. The number of nitrogens with zero attached hydrogens (tertiary/aromatic N) is 2. The molecule has 0 aliphatic rings. The smallest absolute Gasteiger partial charge is 0.342 e. The van der Waals surface area contributed by atoms with E-state index >= 15 is 0 Å². The predicted molar refractivity (Wildman–Crippen MR) is 72.6 cm³/mol. The van der Waals surface area contributed by atoms with Crippen molar-refractivity contribution in [2.45, 2.75) is 26.3 Å². The third kappa shape index (κ3) is 3.01. The minimum atomic E-state index is -0.366. The van der Waals surface area contributed by atoms with Gasteiger partial charge in [0.1, 0.15) is 11.6 Å². The summed E-state index contributed by atoms with van der Waals surface area (Å²) in [6.07, 6.45) is 5.77. The molecule has 0 saturated carbocycles. The topological polar surface area (TPSA) is 44.1 Å². The molecule has 18 heavy (non-hydrogen) atoms. The van der Waals surface area contributed by atoms with Gasteiger partial charge in [0, 0.05) is 0 Å². The van der Waals surface area contributed by atoms with Crippen LogP contribution in [0.3, 0.4) is 0 Å². The Morgan fingerprint density at radius 1 is 1.56 bits per heavy atom. The number of esters is 1. The first-order valence-corrected chi connectivity index (χ1v) is 6.34. The van der Waals surface area contributed by atoms with Gasteiger partial charge in [-0.15, -0.1) is 11.6 Å². The normalized spacial score (nSPS) is 10.8. The zero-order valence-electron chi connectivity index (χ0n) is 10.6. The summed E-state index contributed by atoms with van der Waals surface area (Å²) in [5.74, 6) is -0.366. The van der Waals surface area contributed by atoms with Crippen molar-refractivity contribution in [3.8, 4) is 0 Å². The highest BCUT2D eigenvalue weighted by molar-refractivity contribution is 6.15. The molecule has 0 saturated heterocycles. The first-order valence-electron chi connectivity index (χ1n) is 5.81. The summed E-state index contributed by atoms with van der Waals surface area (Å²) in [5.41, 5.74) is 1.83. The second-order valence-corrected chi connectivity index (χ2v) is 3.73. The molecule has 0 aromatic carbocycles. The number of carbonyl (C=O) groups is 1. The summed E-state index contributed by atoms with van der Waals surface area (Å²) in [5, 5.41) is 4.30. The Labute approximate surface area is 112 Å². The number of hydrogen-bond donors (Lipinski definition) is 0. The van der Waals surface area contributed by atoms with Crippen LogP contribution in [-0.4, -0.2) is 22.4 Å². The second kappa shape index (κ2) is 7.01. The van der Waals surface area contributed by atoms with Gasteiger partial charge in [-0.3, -0.25) is 0 Å². The Hall–Kier alpha value is -1.55. The number of alkyl halides is 1. The molecule has 0 spiro atoms. The number of rotatable bonds is 6. The molecule has 1 aromatic heterocycles. The molecule has 0 aliphatic carbocycles. The van der Waals surface area contributed by atoms with Gasteiger partial charge in [0.05, 0.1) is 18.0 Å². The molecule has 0 aliphatic heterocycles. The molecule has 1 aromatic rings. The van der Waals surface area contributed by atoms with Crippen LogP contribution in [0.1, 0.15) is 35.6 Å². The van der Waals surface area contributed by atoms with Crippen LogP contribution in [0.15, 0.2) is 18.7 Å². The summed E-state index contributed by atoms with van der Waals surface area (Å²) in [4.78, 5) is 12.0. The lowest BCUT2D eigenvalue weighted by atomic mass is 10.1. The minimum Gasteiger partial charge on any atom is -0.462 e. The van der Waals surface area contributed by atoms with Crippen LogP contribution in [0.2, 0.25) is 0 Å². The summed E-state index contributed by atoms with van der Waals surface area (Å²) in [6.45, 7) is 7.64. The summed E-state index contributed by atoms with van der Waals surface area (Å²) in [7, 11) is 0. The maximum Gasteiger partial charge on any atom is 0.342 e. The molecule has 98 valence electrons. The second-order valence-electron chi connectivity index (χ2n) is 3.49. The van der Waals surface area contributed by atoms with Crippen LogP contribution in [0.4, 0.5) is 0 Å². The molecule has 0 amide bonds. The van der Waals surface area contributed by atoms with Crippen molar-refractivity contribution >= 4 is 23.6 Å². The zero-order chi connectivity index (χ0) is 13.5. The van der Waals surface area contributed by atoms with E-state index in [0.717, 1.165) is 0 Å². The average molecular weight is 269 g/mol. The van der Waals surface area contributed by atoms with E-state index < -0.39 is 0 Å². The molecule has 4 nitrogen and oxygen atoms in total. The van der Waals surface area contributed by atoms with E-state index in [4.69, 9.17) is 16.3 Å². The Kier molecular flexibility index (Phi) is 5.65. The van der Waals surface area contributed by atoms with E-state index in [1.165, 1.54) is 0 Å². The highest BCUT2D eigenvalue weighted by Gasteiger charge is 2.21. The molecule has 0 unspecified atom stereocenters. The first-order chi connectivity index (χ1) is 8.69. The number of aryl methyl sites for hydroxylation is 1. The van der Waals surface area contributed by atoms with Gasteiger partial charge in [-0.1, -0.05) is 25.7 Å². The van der Waals surface area contributed by atoms with Crippen molar-refractivity contribution in [1.29, 1.82) is 0 Å². The number of carbonyl (C=O) groups excluding carboxylic acids is 1. The standard InChI is InChI=1S/C13H17ClN2O2/c1-4-7-8-11-12(13(17)18-6-3)10(5-2)15-16(11)9-14/h4,7-8H,1,5-6,9H2,2-3H3/b8-7-. The maximum atomic E-state index is 12.0. The molecule has 0 fully saturated rings. The van der Waals surface area contributed by atoms with Crippen molar-refractivity contribution in [2.75, 3.05) is 6.61 Å². The van der Waals surface area contributed by atoms with Crippen molar-refractivity contribution in [2.24, 2.45) is 0 Å². The van der Waals surface area contributed by atoms with Crippen LogP contribution >= 0.6 is 11.6 Å². The van der Waals surface area contributed by atoms with Crippen LogP contribution in [0.5, 0.6) is 0 Å². The minimum absolute atomic E-state index is 0.184. The fourth-order valence-corrected chi connectivity index (χ4v) is 1.80. The fraction of sp³-hybridized carbons (Fsp3) is 0.385. The molecule has 5 heteroatoms. The van der Waals surface area contributed by atoms with E-state index in [1.807, 2.05) is 6.92 Å². The van der Waals surface area contributed by atoms with Crippen molar-refractivity contribution in [3.05, 3.63) is 35.7 Å². The van der Waals surface area contributed by atoms with Gasteiger partial charge >= 0.3 is 5.97 Å². The first kappa shape index (κ1) is 14.5. The van der Waals surface area contributed by atoms with Crippen LogP contribution in [0, 0.1) is 0 Å². The lowest BCUT2D eigenvalue weighted by Crippen LogP contribution is -2.08. The van der Waals surface area contributed by atoms with Crippen molar-refractivity contribution in [3.63, 3.8) is 0 Å². The molecule has 0 radical (unpaired) electrons. The number of aromatic nitrogens is 2. The molecule has 0 atom stereocenters. The quantitative estimate of drug-likeness (QED) is 0.453. The van der Waals surface area contributed by atoms with Gasteiger partial charge in [0.2, 0.25) is 0 Å². The van der Waals surface area contributed by atoms with E-state index in [0.29, 0.717) is 30.0 Å². The van der Waals surface area contributed by atoms with Crippen LogP contribution in [-0.2, 0) is 17.2 Å². The largest absolute Gasteiger partial charge is 0.462 e. The molecule has 0 N–H and O–H groups in total. The molecule has 0 bridgehead atoms. The molecular formula is C13H17ClN2O2. The maximum absolute atomic E-state index is 12.0. The van der Waals surface area contributed by atoms with Crippen molar-refractivity contribution < 1.29 is 9.53 Å². The van der Waals surface area contributed by atoms with Gasteiger partial charge in [-0.25, -0.2) is 9.48 Å². The Morgan fingerprint density at radius 2 is 2.28 bits per heavy atom.